The third-order valence-electron chi connectivity index (χ3n) is 5.40. The van der Waals surface area contributed by atoms with Crippen molar-refractivity contribution in [3.8, 4) is 28.6 Å². The van der Waals surface area contributed by atoms with Crippen molar-refractivity contribution in [3.05, 3.63) is 51.7 Å². The van der Waals surface area contributed by atoms with E-state index in [9.17, 15) is 9.59 Å². The van der Waals surface area contributed by atoms with Crippen molar-refractivity contribution in [2.24, 2.45) is 0 Å². The van der Waals surface area contributed by atoms with Gasteiger partial charge in [-0.3, -0.25) is 9.59 Å². The molecule has 0 bridgehead atoms. The van der Waals surface area contributed by atoms with E-state index in [2.05, 4.69) is 0 Å². The van der Waals surface area contributed by atoms with Gasteiger partial charge < -0.3 is 23.5 Å². The monoisotopic (exact) mass is 439 g/mol. The maximum absolute atomic E-state index is 13.5. The van der Waals surface area contributed by atoms with Gasteiger partial charge in [-0.05, 0) is 63.1 Å². The zero-order chi connectivity index (χ0) is 23.4. The fraction of sp³-hybridized carbons (Fsp3) is 0.360. The molecule has 0 aliphatic heterocycles. The Balaban J connectivity index is 2.20. The lowest BCUT2D eigenvalue weighted by Gasteiger charge is -2.19. The van der Waals surface area contributed by atoms with Crippen LogP contribution in [0.15, 0.2) is 39.5 Å². The Morgan fingerprint density at radius 2 is 1.69 bits per heavy atom. The molecule has 7 nitrogen and oxygen atoms in total. The van der Waals surface area contributed by atoms with Crippen molar-refractivity contribution in [3.63, 3.8) is 0 Å². The van der Waals surface area contributed by atoms with Crippen LogP contribution in [0.5, 0.6) is 17.2 Å². The van der Waals surface area contributed by atoms with Crippen LogP contribution in [0.2, 0.25) is 0 Å². The van der Waals surface area contributed by atoms with Gasteiger partial charge in [0.25, 0.3) is 5.91 Å². The highest BCUT2D eigenvalue weighted by atomic mass is 16.5. The zero-order valence-corrected chi connectivity index (χ0v) is 19.4. The lowest BCUT2D eigenvalue weighted by Crippen LogP contribution is -2.35. The minimum atomic E-state index is -0.319. The second-order valence-electron chi connectivity index (χ2n) is 7.47. The number of rotatable bonds is 8. The quantitative estimate of drug-likeness (QED) is 0.520. The smallest absolute Gasteiger partial charge is 0.260 e. The Bertz CT molecular complexity index is 1190. The normalized spacial score (nSPS) is 10.8. The highest BCUT2D eigenvalue weighted by Crippen LogP contribution is 2.37. The maximum atomic E-state index is 13.5. The highest BCUT2D eigenvalue weighted by Gasteiger charge is 2.22. The van der Waals surface area contributed by atoms with Crippen LogP contribution in [-0.2, 0) is 4.79 Å². The Kier molecular flexibility index (Phi) is 7.08. The number of aryl methyl sites for hydroxylation is 2. The molecule has 0 aliphatic carbocycles. The maximum Gasteiger partial charge on any atom is 0.260 e. The van der Waals surface area contributed by atoms with E-state index in [0.29, 0.717) is 41.1 Å². The molecule has 0 saturated carbocycles. The third-order valence-corrected chi connectivity index (χ3v) is 5.40. The SMILES string of the molecule is CCN(CC)C(=O)COc1c(-c2ccc(OC)c(OC)c2)oc2cc(C)cc(C)c2c1=O. The molecular weight excluding hydrogens is 410 g/mol. The van der Waals surface area contributed by atoms with E-state index in [4.69, 9.17) is 18.6 Å². The van der Waals surface area contributed by atoms with E-state index in [1.54, 1.807) is 30.2 Å². The summed E-state index contributed by atoms with van der Waals surface area (Å²) >= 11 is 0. The number of benzene rings is 2. The number of nitrogens with zero attached hydrogens (tertiary/aromatic N) is 1. The van der Waals surface area contributed by atoms with Gasteiger partial charge >= 0.3 is 0 Å². The van der Waals surface area contributed by atoms with Gasteiger partial charge in [-0.15, -0.1) is 0 Å². The summed E-state index contributed by atoms with van der Waals surface area (Å²) in [5, 5.41) is 0.435. The first-order chi connectivity index (χ1) is 15.3. The first-order valence-corrected chi connectivity index (χ1v) is 10.6. The molecule has 1 heterocycles. The first kappa shape index (κ1) is 23.2. The van der Waals surface area contributed by atoms with Crippen LogP contribution in [0.4, 0.5) is 0 Å². The van der Waals surface area contributed by atoms with Crippen molar-refractivity contribution in [1.82, 2.24) is 4.90 Å². The van der Waals surface area contributed by atoms with Gasteiger partial charge in [0.2, 0.25) is 11.2 Å². The van der Waals surface area contributed by atoms with Gasteiger partial charge in [0.05, 0.1) is 19.6 Å². The second-order valence-corrected chi connectivity index (χ2v) is 7.47. The summed E-state index contributed by atoms with van der Waals surface area (Å²) in [5.41, 5.74) is 2.47. The summed E-state index contributed by atoms with van der Waals surface area (Å²) in [7, 11) is 3.08. The Labute approximate surface area is 187 Å². The van der Waals surface area contributed by atoms with E-state index in [1.807, 2.05) is 39.8 Å². The summed E-state index contributed by atoms with van der Waals surface area (Å²) in [6, 6.07) is 8.93. The Morgan fingerprint density at radius 3 is 2.31 bits per heavy atom. The second kappa shape index (κ2) is 9.77. The molecule has 1 aromatic heterocycles. The fourth-order valence-corrected chi connectivity index (χ4v) is 3.77. The van der Waals surface area contributed by atoms with Crippen molar-refractivity contribution in [1.29, 1.82) is 0 Å². The standard InChI is InChI=1S/C25H29NO6/c1-7-26(8-2)21(27)14-31-25-23(28)22-16(4)11-15(3)12-20(22)32-24(25)17-9-10-18(29-5)19(13-17)30-6/h9-13H,7-8,14H2,1-6H3. The number of likely N-dealkylation sites (N-methyl/N-ethyl adjacent to an activating group) is 1. The molecule has 0 spiro atoms. The molecule has 3 aromatic rings. The largest absolute Gasteiger partial charge is 0.493 e. The molecule has 0 unspecified atom stereocenters. The summed E-state index contributed by atoms with van der Waals surface area (Å²) in [6.45, 7) is 8.45. The number of hydrogen-bond acceptors (Lipinski definition) is 6. The molecule has 2 aromatic carbocycles. The van der Waals surface area contributed by atoms with Gasteiger partial charge in [-0.1, -0.05) is 6.07 Å². The zero-order valence-electron chi connectivity index (χ0n) is 19.4. The predicted octanol–water partition coefficient (Wildman–Crippen LogP) is 4.34. The van der Waals surface area contributed by atoms with Crippen LogP contribution in [0, 0.1) is 13.8 Å². The molecule has 7 heteroatoms. The van der Waals surface area contributed by atoms with E-state index < -0.39 is 0 Å². The summed E-state index contributed by atoms with van der Waals surface area (Å²) in [5.74, 6) is 1.06. The third kappa shape index (κ3) is 4.42. The lowest BCUT2D eigenvalue weighted by atomic mass is 10.0. The molecule has 0 atom stereocenters. The molecule has 0 aliphatic rings. The highest BCUT2D eigenvalue weighted by molar-refractivity contribution is 5.86. The lowest BCUT2D eigenvalue weighted by molar-refractivity contribution is -0.132. The van der Waals surface area contributed by atoms with Crippen LogP contribution < -0.4 is 19.6 Å². The molecule has 3 rings (SSSR count). The van der Waals surface area contributed by atoms with Gasteiger partial charge in [0, 0.05) is 18.7 Å². The van der Waals surface area contributed by atoms with E-state index in [-0.39, 0.29) is 29.5 Å². The topological polar surface area (TPSA) is 78.2 Å². The average molecular weight is 440 g/mol. The summed E-state index contributed by atoms with van der Waals surface area (Å²) < 4.78 is 22.7. The van der Waals surface area contributed by atoms with Gasteiger partial charge in [0.1, 0.15) is 5.58 Å². The first-order valence-electron chi connectivity index (χ1n) is 10.6. The van der Waals surface area contributed by atoms with E-state index in [1.165, 1.54) is 7.11 Å². The molecular formula is C25H29NO6. The van der Waals surface area contributed by atoms with Gasteiger partial charge in [0.15, 0.2) is 23.9 Å². The van der Waals surface area contributed by atoms with Crippen molar-refractivity contribution in [2.75, 3.05) is 33.9 Å². The van der Waals surface area contributed by atoms with Crippen LogP contribution in [-0.4, -0.2) is 44.7 Å². The molecule has 32 heavy (non-hydrogen) atoms. The number of carbonyl (C=O) groups excluding carboxylic acids is 1. The number of methoxy groups -OCH3 is 2. The average Bonchev–Trinajstić information content (AvgIpc) is 2.78. The molecule has 0 N–H and O–H groups in total. The number of fused-ring (bicyclic) bond motifs is 1. The summed E-state index contributed by atoms with van der Waals surface area (Å²) in [4.78, 5) is 27.7. The van der Waals surface area contributed by atoms with Crippen molar-refractivity contribution in [2.45, 2.75) is 27.7 Å². The number of carbonyl (C=O) groups is 1. The Morgan fingerprint density at radius 1 is 1.00 bits per heavy atom. The van der Waals surface area contributed by atoms with Crippen LogP contribution >= 0.6 is 0 Å². The van der Waals surface area contributed by atoms with Crippen molar-refractivity contribution < 1.29 is 23.4 Å². The van der Waals surface area contributed by atoms with E-state index >= 15 is 0 Å². The molecule has 0 radical (unpaired) electrons. The minimum Gasteiger partial charge on any atom is -0.493 e. The number of ether oxygens (including phenoxy) is 3. The molecule has 1 amide bonds. The Hall–Kier alpha value is -3.48. The van der Waals surface area contributed by atoms with Crippen molar-refractivity contribution >= 4 is 16.9 Å². The predicted molar refractivity (Wildman–Crippen MR) is 124 cm³/mol. The number of amides is 1. The van der Waals surface area contributed by atoms with Gasteiger partial charge in [-0.25, -0.2) is 0 Å². The summed E-state index contributed by atoms with van der Waals surface area (Å²) in [6.07, 6.45) is 0. The van der Waals surface area contributed by atoms with Crippen LogP contribution in [0.3, 0.4) is 0 Å². The van der Waals surface area contributed by atoms with E-state index in [0.717, 1.165) is 11.1 Å². The molecule has 0 saturated heterocycles. The van der Waals surface area contributed by atoms with Gasteiger partial charge in [-0.2, -0.15) is 0 Å². The molecule has 0 fully saturated rings. The number of hydrogen-bond donors (Lipinski definition) is 0. The van der Waals surface area contributed by atoms with Crippen LogP contribution in [0.25, 0.3) is 22.3 Å². The van der Waals surface area contributed by atoms with Crippen LogP contribution in [0.1, 0.15) is 25.0 Å². The fourth-order valence-electron chi connectivity index (χ4n) is 3.77. The minimum absolute atomic E-state index is 0.00261. The molecule has 170 valence electrons.